The summed E-state index contributed by atoms with van der Waals surface area (Å²) in [7, 11) is 0. The second-order valence-electron chi connectivity index (χ2n) is 4.72. The smallest absolute Gasteiger partial charge is 0.246 e. The average molecular weight is 450 g/mol. The minimum absolute atomic E-state index is 0. The lowest BCUT2D eigenvalue weighted by Gasteiger charge is -2.10. The van der Waals surface area contributed by atoms with Gasteiger partial charge in [-0.2, -0.15) is 11.8 Å². The average Bonchev–Trinajstić information content (AvgIpc) is 2.53. The van der Waals surface area contributed by atoms with Gasteiger partial charge in [0, 0.05) is 24.5 Å². The van der Waals surface area contributed by atoms with Crippen LogP contribution in [0.3, 0.4) is 0 Å². The lowest BCUT2D eigenvalue weighted by molar-refractivity contribution is -0.114. The van der Waals surface area contributed by atoms with Crippen molar-refractivity contribution in [3.8, 4) is 0 Å². The summed E-state index contributed by atoms with van der Waals surface area (Å²) in [4.78, 5) is 16.3. The molecule has 0 saturated heterocycles. The molecular formula is C16H27IN4OS. The van der Waals surface area contributed by atoms with E-state index in [0.717, 1.165) is 31.0 Å². The molecule has 0 aromatic heterocycles. The van der Waals surface area contributed by atoms with E-state index >= 15 is 0 Å². The summed E-state index contributed by atoms with van der Waals surface area (Å²) in [6.45, 7) is 5.79. The van der Waals surface area contributed by atoms with Crippen molar-refractivity contribution in [2.45, 2.75) is 20.3 Å². The highest BCUT2D eigenvalue weighted by molar-refractivity contribution is 14.0. The first-order valence-corrected chi connectivity index (χ1v) is 8.98. The first kappa shape index (κ1) is 22.0. The van der Waals surface area contributed by atoms with Gasteiger partial charge < -0.3 is 16.0 Å². The molecule has 1 aromatic carbocycles. The number of aliphatic imine (C=N–C) groups is 1. The Morgan fingerprint density at radius 3 is 2.70 bits per heavy atom. The van der Waals surface area contributed by atoms with Gasteiger partial charge in [-0.3, -0.25) is 4.79 Å². The predicted octanol–water partition coefficient (Wildman–Crippen LogP) is 2.72. The summed E-state index contributed by atoms with van der Waals surface area (Å²) >= 11 is 1.77. The maximum atomic E-state index is 12.0. The van der Waals surface area contributed by atoms with E-state index in [2.05, 4.69) is 34.1 Å². The zero-order chi connectivity index (χ0) is 16.2. The number of benzene rings is 1. The summed E-state index contributed by atoms with van der Waals surface area (Å²) in [5, 5.41) is 9.20. The number of anilines is 1. The van der Waals surface area contributed by atoms with E-state index in [0.29, 0.717) is 5.96 Å². The minimum atomic E-state index is -0.115. The van der Waals surface area contributed by atoms with E-state index in [-0.39, 0.29) is 36.4 Å². The number of halogens is 1. The number of amides is 1. The number of hydrogen-bond donors (Lipinski definition) is 3. The molecule has 7 heteroatoms. The van der Waals surface area contributed by atoms with Gasteiger partial charge in [-0.25, -0.2) is 4.99 Å². The number of hydrogen-bond acceptors (Lipinski definition) is 3. The Hall–Kier alpha value is -0.960. The Bertz CT molecular complexity index is 497. The van der Waals surface area contributed by atoms with Gasteiger partial charge in [0.15, 0.2) is 5.96 Å². The fourth-order valence-corrected chi connectivity index (χ4v) is 2.14. The quantitative estimate of drug-likeness (QED) is 0.247. The summed E-state index contributed by atoms with van der Waals surface area (Å²) < 4.78 is 0. The van der Waals surface area contributed by atoms with Crippen molar-refractivity contribution in [1.29, 1.82) is 0 Å². The molecule has 5 nitrogen and oxygen atoms in total. The zero-order valence-electron chi connectivity index (χ0n) is 14.0. The molecule has 1 rings (SSSR count). The van der Waals surface area contributed by atoms with Crippen LogP contribution in [0.1, 0.15) is 19.4 Å². The van der Waals surface area contributed by atoms with Crippen LogP contribution in [-0.2, 0) is 11.2 Å². The lowest BCUT2D eigenvalue weighted by atomic mass is 10.1. The molecule has 0 spiro atoms. The van der Waals surface area contributed by atoms with Crippen molar-refractivity contribution in [3.05, 3.63) is 29.8 Å². The standard InChI is InChI=1S/C16H26N4OS.HI/c1-4-13-7-6-8-14(11-13)20-15(21)12-19-16(17-5-2)18-9-10-22-3;/h6-8,11H,4-5,9-10,12H2,1-3H3,(H,20,21)(H2,17,18,19);1H. The van der Waals surface area contributed by atoms with Crippen LogP contribution in [0.5, 0.6) is 0 Å². The van der Waals surface area contributed by atoms with E-state index in [4.69, 9.17) is 0 Å². The van der Waals surface area contributed by atoms with E-state index in [1.54, 1.807) is 11.8 Å². The van der Waals surface area contributed by atoms with E-state index < -0.39 is 0 Å². The van der Waals surface area contributed by atoms with Crippen LogP contribution in [0, 0.1) is 0 Å². The fourth-order valence-electron chi connectivity index (χ4n) is 1.83. The van der Waals surface area contributed by atoms with Crippen molar-refractivity contribution in [3.63, 3.8) is 0 Å². The number of thioether (sulfide) groups is 1. The van der Waals surface area contributed by atoms with Crippen LogP contribution in [0.2, 0.25) is 0 Å². The highest BCUT2D eigenvalue weighted by Crippen LogP contribution is 2.10. The number of rotatable bonds is 8. The van der Waals surface area contributed by atoms with E-state index in [1.165, 1.54) is 5.56 Å². The first-order valence-electron chi connectivity index (χ1n) is 7.59. The first-order chi connectivity index (χ1) is 10.7. The highest BCUT2D eigenvalue weighted by Gasteiger charge is 2.03. The van der Waals surface area contributed by atoms with Gasteiger partial charge in [-0.1, -0.05) is 19.1 Å². The monoisotopic (exact) mass is 450 g/mol. The normalized spacial score (nSPS) is 10.7. The van der Waals surface area contributed by atoms with Crippen LogP contribution in [0.15, 0.2) is 29.3 Å². The summed E-state index contributed by atoms with van der Waals surface area (Å²) in [5.74, 6) is 1.56. The Labute approximate surface area is 160 Å². The Kier molecular flexibility index (Phi) is 12.9. The summed E-state index contributed by atoms with van der Waals surface area (Å²) in [6, 6.07) is 7.88. The van der Waals surface area contributed by atoms with Gasteiger partial charge >= 0.3 is 0 Å². The molecule has 1 aromatic rings. The molecule has 1 amide bonds. The van der Waals surface area contributed by atoms with Gasteiger partial charge in [-0.15, -0.1) is 24.0 Å². The van der Waals surface area contributed by atoms with Gasteiger partial charge in [-0.05, 0) is 37.3 Å². The van der Waals surface area contributed by atoms with Crippen LogP contribution >= 0.6 is 35.7 Å². The molecule has 130 valence electrons. The van der Waals surface area contributed by atoms with Gasteiger partial charge in [0.25, 0.3) is 0 Å². The fraction of sp³-hybridized carbons (Fsp3) is 0.500. The number of nitrogens with one attached hydrogen (secondary N) is 3. The largest absolute Gasteiger partial charge is 0.357 e. The molecule has 0 aliphatic rings. The van der Waals surface area contributed by atoms with E-state index in [1.807, 2.05) is 31.2 Å². The molecule has 0 fully saturated rings. The van der Waals surface area contributed by atoms with Crippen molar-refractivity contribution < 1.29 is 4.79 Å². The zero-order valence-corrected chi connectivity index (χ0v) is 17.2. The minimum Gasteiger partial charge on any atom is -0.357 e. The SMILES string of the molecule is CCNC(=NCC(=O)Nc1cccc(CC)c1)NCCSC.I. The van der Waals surface area contributed by atoms with Gasteiger partial charge in [0.05, 0.1) is 0 Å². The Morgan fingerprint density at radius 2 is 2.04 bits per heavy atom. The molecule has 0 aliphatic carbocycles. The molecule has 0 radical (unpaired) electrons. The molecule has 0 aliphatic heterocycles. The molecule has 0 bridgehead atoms. The predicted molar refractivity (Wildman–Crippen MR) is 112 cm³/mol. The molecular weight excluding hydrogens is 423 g/mol. The molecule has 0 heterocycles. The Morgan fingerprint density at radius 1 is 1.26 bits per heavy atom. The van der Waals surface area contributed by atoms with Crippen LogP contribution in [0.25, 0.3) is 0 Å². The number of carbonyl (C=O) groups excluding carboxylic acids is 1. The van der Waals surface area contributed by atoms with Crippen molar-refractivity contribution in [2.24, 2.45) is 4.99 Å². The highest BCUT2D eigenvalue weighted by atomic mass is 127. The molecule has 3 N–H and O–H groups in total. The van der Waals surface area contributed by atoms with Gasteiger partial charge in [0.1, 0.15) is 6.54 Å². The third kappa shape index (κ3) is 9.70. The van der Waals surface area contributed by atoms with Gasteiger partial charge in [0.2, 0.25) is 5.91 Å². The number of nitrogens with zero attached hydrogens (tertiary/aromatic N) is 1. The number of guanidine groups is 1. The van der Waals surface area contributed by atoms with Crippen LogP contribution < -0.4 is 16.0 Å². The number of carbonyl (C=O) groups is 1. The van der Waals surface area contributed by atoms with Crippen molar-refractivity contribution in [1.82, 2.24) is 10.6 Å². The second kappa shape index (κ2) is 13.5. The third-order valence-electron chi connectivity index (χ3n) is 2.94. The van der Waals surface area contributed by atoms with Crippen LogP contribution in [0.4, 0.5) is 5.69 Å². The molecule has 0 atom stereocenters. The van der Waals surface area contributed by atoms with E-state index in [9.17, 15) is 4.79 Å². The van der Waals surface area contributed by atoms with Crippen LogP contribution in [-0.4, -0.2) is 43.5 Å². The second-order valence-corrected chi connectivity index (χ2v) is 5.70. The van der Waals surface area contributed by atoms with Crippen molar-refractivity contribution >= 4 is 53.3 Å². The maximum absolute atomic E-state index is 12.0. The third-order valence-corrected chi connectivity index (χ3v) is 3.55. The topological polar surface area (TPSA) is 65.5 Å². The maximum Gasteiger partial charge on any atom is 0.246 e. The summed E-state index contributed by atoms with van der Waals surface area (Å²) in [5.41, 5.74) is 2.02. The molecule has 23 heavy (non-hydrogen) atoms. The number of aryl methyl sites for hydroxylation is 1. The Balaban J connectivity index is 0.00000484. The lowest BCUT2D eigenvalue weighted by Crippen LogP contribution is -2.39. The molecule has 0 unspecified atom stereocenters. The molecule has 0 saturated carbocycles. The van der Waals surface area contributed by atoms with Crippen molar-refractivity contribution in [2.75, 3.05) is 37.0 Å². The summed E-state index contributed by atoms with van der Waals surface area (Å²) in [6.07, 6.45) is 3.01.